The van der Waals surface area contributed by atoms with E-state index in [1.807, 2.05) is 0 Å². The van der Waals surface area contributed by atoms with E-state index in [1.54, 1.807) is 19.9 Å². The van der Waals surface area contributed by atoms with Crippen LogP contribution in [0, 0.1) is 13.8 Å². The maximum absolute atomic E-state index is 12.0. The molecule has 0 aliphatic carbocycles. The Labute approximate surface area is 106 Å². The Morgan fingerprint density at radius 2 is 1.83 bits per heavy atom. The number of hydrogen-bond acceptors (Lipinski definition) is 4. The van der Waals surface area contributed by atoms with Gasteiger partial charge < -0.3 is 10.2 Å². The fourth-order valence-electron chi connectivity index (χ4n) is 1.76. The van der Waals surface area contributed by atoms with Crippen molar-refractivity contribution in [2.45, 2.75) is 25.2 Å². The molecular weight excluding hydrogens is 256 g/mol. The number of carboxylic acids is 1. The molecule has 0 spiro atoms. The van der Waals surface area contributed by atoms with Crippen molar-refractivity contribution in [2.24, 2.45) is 0 Å². The first-order chi connectivity index (χ1) is 8.29. The summed E-state index contributed by atoms with van der Waals surface area (Å²) in [6, 6.07) is 2.75. The Morgan fingerprint density at radius 3 is 2.33 bits per heavy atom. The maximum atomic E-state index is 12.0. The Hall–Kier alpha value is -1.40. The number of aliphatic hydroxyl groups is 1. The molecule has 0 unspecified atom stereocenters. The highest BCUT2D eigenvalue weighted by molar-refractivity contribution is 7.91. The fraction of sp³-hybridized carbons (Fsp3) is 0.417. The molecule has 18 heavy (non-hydrogen) atoms. The number of carbonyl (C=O) groups is 1. The molecule has 0 bridgehead atoms. The average Bonchev–Trinajstić information content (AvgIpc) is 2.25. The van der Waals surface area contributed by atoms with Crippen LogP contribution in [0.4, 0.5) is 0 Å². The first-order valence-electron chi connectivity index (χ1n) is 5.47. The Kier molecular flexibility index (Phi) is 4.48. The van der Waals surface area contributed by atoms with Gasteiger partial charge in [-0.1, -0.05) is 6.07 Å². The van der Waals surface area contributed by atoms with Crippen molar-refractivity contribution in [3.8, 4) is 0 Å². The molecule has 0 saturated carbocycles. The minimum Gasteiger partial charge on any atom is -0.478 e. The number of carboxylic acid groups (broad SMARTS) is 1. The van der Waals surface area contributed by atoms with Gasteiger partial charge in [-0.05, 0) is 37.5 Å². The first kappa shape index (κ1) is 14.7. The summed E-state index contributed by atoms with van der Waals surface area (Å²) in [7, 11) is -3.55. The monoisotopic (exact) mass is 272 g/mol. The molecule has 0 heterocycles. The van der Waals surface area contributed by atoms with Crippen LogP contribution in [-0.2, 0) is 9.84 Å². The summed E-state index contributed by atoms with van der Waals surface area (Å²) < 4.78 is 24.0. The zero-order valence-corrected chi connectivity index (χ0v) is 11.1. The number of aromatic carboxylic acids is 1. The predicted molar refractivity (Wildman–Crippen MR) is 66.6 cm³/mol. The third kappa shape index (κ3) is 3.08. The molecule has 0 aromatic heterocycles. The highest BCUT2D eigenvalue weighted by atomic mass is 32.2. The Balaban J connectivity index is 3.33. The molecule has 100 valence electrons. The minimum atomic E-state index is -3.55. The van der Waals surface area contributed by atoms with Crippen molar-refractivity contribution in [2.75, 3.05) is 12.4 Å². The van der Waals surface area contributed by atoms with Gasteiger partial charge in [-0.2, -0.15) is 0 Å². The van der Waals surface area contributed by atoms with Crippen LogP contribution in [0.15, 0.2) is 17.0 Å². The summed E-state index contributed by atoms with van der Waals surface area (Å²) in [6.07, 6.45) is 0.137. The molecule has 0 atom stereocenters. The van der Waals surface area contributed by atoms with Crippen LogP contribution < -0.4 is 0 Å². The normalized spacial score (nSPS) is 11.5. The topological polar surface area (TPSA) is 91.7 Å². The number of rotatable bonds is 5. The summed E-state index contributed by atoms with van der Waals surface area (Å²) in [4.78, 5) is 11.0. The molecule has 0 aliphatic heterocycles. The number of hydrogen-bond donors (Lipinski definition) is 2. The van der Waals surface area contributed by atoms with Crippen molar-refractivity contribution >= 4 is 15.8 Å². The largest absolute Gasteiger partial charge is 0.478 e. The van der Waals surface area contributed by atoms with Gasteiger partial charge in [0.2, 0.25) is 0 Å². The fourth-order valence-corrected chi connectivity index (χ4v) is 3.34. The van der Waals surface area contributed by atoms with Gasteiger partial charge in [0.25, 0.3) is 0 Å². The molecular formula is C12H16O5S. The summed E-state index contributed by atoms with van der Waals surface area (Å²) >= 11 is 0. The second-order valence-corrected chi connectivity index (χ2v) is 6.21. The van der Waals surface area contributed by atoms with E-state index in [2.05, 4.69) is 0 Å². The molecule has 1 rings (SSSR count). The lowest BCUT2D eigenvalue weighted by molar-refractivity contribution is 0.0696. The summed E-state index contributed by atoms with van der Waals surface area (Å²) in [6.45, 7) is 3.04. The number of sulfone groups is 1. The highest BCUT2D eigenvalue weighted by Crippen LogP contribution is 2.22. The molecule has 0 radical (unpaired) electrons. The second kappa shape index (κ2) is 5.49. The maximum Gasteiger partial charge on any atom is 0.335 e. The van der Waals surface area contributed by atoms with Gasteiger partial charge in [0.1, 0.15) is 0 Å². The molecule has 5 nitrogen and oxygen atoms in total. The van der Waals surface area contributed by atoms with E-state index in [-0.39, 0.29) is 29.2 Å². The lowest BCUT2D eigenvalue weighted by Gasteiger charge is -2.10. The van der Waals surface area contributed by atoms with Crippen molar-refractivity contribution < 1.29 is 23.4 Å². The van der Waals surface area contributed by atoms with Gasteiger partial charge in [0.15, 0.2) is 9.84 Å². The third-order valence-electron chi connectivity index (χ3n) is 2.66. The van der Waals surface area contributed by atoms with Crippen LogP contribution in [0.3, 0.4) is 0 Å². The molecule has 0 aliphatic rings. The molecule has 0 saturated heterocycles. The van der Waals surface area contributed by atoms with E-state index in [9.17, 15) is 13.2 Å². The van der Waals surface area contributed by atoms with E-state index in [1.165, 1.54) is 6.07 Å². The SMILES string of the molecule is Cc1cc(C)c(S(=O)(=O)CCCO)cc1C(=O)O. The Bertz CT molecular complexity index is 560. The Morgan fingerprint density at radius 1 is 1.22 bits per heavy atom. The standard InChI is InChI=1S/C12H16O5S/c1-8-6-9(2)11(7-10(8)12(14)15)18(16,17)5-3-4-13/h6-7,13H,3-5H2,1-2H3,(H,14,15). The summed E-state index contributed by atoms with van der Waals surface area (Å²) in [5.74, 6) is -1.34. The van der Waals surface area contributed by atoms with E-state index >= 15 is 0 Å². The lowest BCUT2D eigenvalue weighted by Crippen LogP contribution is -2.12. The van der Waals surface area contributed by atoms with Gasteiger partial charge in [0.05, 0.1) is 16.2 Å². The number of aryl methyl sites for hydroxylation is 2. The zero-order chi connectivity index (χ0) is 13.9. The molecule has 0 amide bonds. The highest BCUT2D eigenvalue weighted by Gasteiger charge is 2.20. The van der Waals surface area contributed by atoms with Gasteiger partial charge in [-0.15, -0.1) is 0 Å². The molecule has 1 aromatic rings. The lowest BCUT2D eigenvalue weighted by atomic mass is 10.1. The third-order valence-corrected chi connectivity index (χ3v) is 4.59. The van der Waals surface area contributed by atoms with E-state index < -0.39 is 15.8 Å². The van der Waals surface area contributed by atoms with Crippen LogP contribution >= 0.6 is 0 Å². The number of benzene rings is 1. The molecule has 2 N–H and O–H groups in total. The van der Waals surface area contributed by atoms with Crippen molar-refractivity contribution in [1.82, 2.24) is 0 Å². The van der Waals surface area contributed by atoms with Crippen LogP contribution in [0.1, 0.15) is 27.9 Å². The van der Waals surface area contributed by atoms with Crippen molar-refractivity contribution in [1.29, 1.82) is 0 Å². The van der Waals surface area contributed by atoms with Gasteiger partial charge in [-0.25, -0.2) is 13.2 Å². The molecule has 6 heteroatoms. The first-order valence-corrected chi connectivity index (χ1v) is 7.13. The van der Waals surface area contributed by atoms with E-state index in [4.69, 9.17) is 10.2 Å². The average molecular weight is 272 g/mol. The molecule has 0 fully saturated rings. The summed E-state index contributed by atoms with van der Waals surface area (Å²) in [5, 5.41) is 17.7. The van der Waals surface area contributed by atoms with Gasteiger partial charge in [0, 0.05) is 6.61 Å². The van der Waals surface area contributed by atoms with Crippen LogP contribution in [-0.4, -0.2) is 37.0 Å². The molecule has 1 aromatic carbocycles. The van der Waals surface area contributed by atoms with E-state index in [0.717, 1.165) is 0 Å². The van der Waals surface area contributed by atoms with Gasteiger partial charge >= 0.3 is 5.97 Å². The van der Waals surface area contributed by atoms with Crippen LogP contribution in [0.25, 0.3) is 0 Å². The zero-order valence-electron chi connectivity index (χ0n) is 10.3. The minimum absolute atomic E-state index is 0.0110. The van der Waals surface area contributed by atoms with E-state index in [0.29, 0.717) is 11.1 Å². The summed E-state index contributed by atoms with van der Waals surface area (Å²) in [5.41, 5.74) is 1.04. The van der Waals surface area contributed by atoms with Crippen molar-refractivity contribution in [3.63, 3.8) is 0 Å². The smallest absolute Gasteiger partial charge is 0.335 e. The van der Waals surface area contributed by atoms with Crippen molar-refractivity contribution in [3.05, 3.63) is 28.8 Å². The van der Waals surface area contributed by atoms with Crippen LogP contribution in [0.2, 0.25) is 0 Å². The quantitative estimate of drug-likeness (QED) is 0.839. The van der Waals surface area contributed by atoms with Crippen LogP contribution in [0.5, 0.6) is 0 Å². The van der Waals surface area contributed by atoms with Gasteiger partial charge in [-0.3, -0.25) is 0 Å². The second-order valence-electron chi connectivity index (χ2n) is 4.13. The number of aliphatic hydroxyl groups excluding tert-OH is 1. The predicted octanol–water partition coefficient (Wildman–Crippen LogP) is 1.16.